The SMILES string of the molecule is C/C=C/CC(NC(=O)c1c(C)cccc1I)C(=O)O. The highest BCUT2D eigenvalue weighted by Gasteiger charge is 2.21. The van der Waals surface area contributed by atoms with E-state index in [0.717, 1.165) is 9.13 Å². The quantitative estimate of drug-likeness (QED) is 0.616. The minimum Gasteiger partial charge on any atom is -0.480 e. The van der Waals surface area contributed by atoms with E-state index >= 15 is 0 Å². The standard InChI is InChI=1S/C14H16INO3/c1-3-4-8-11(14(18)19)16-13(17)12-9(2)6-5-7-10(12)15/h3-7,11H,8H2,1-2H3,(H,16,17)(H,18,19)/b4-3+. The lowest BCUT2D eigenvalue weighted by Crippen LogP contribution is -2.41. The molecular formula is C14H16INO3. The second-order valence-electron chi connectivity index (χ2n) is 4.10. The summed E-state index contributed by atoms with van der Waals surface area (Å²) in [6.07, 6.45) is 3.77. The Hall–Kier alpha value is -1.37. The zero-order valence-corrected chi connectivity index (χ0v) is 13.0. The van der Waals surface area contributed by atoms with Gasteiger partial charge in [-0.25, -0.2) is 4.79 Å². The van der Waals surface area contributed by atoms with E-state index in [2.05, 4.69) is 27.9 Å². The molecule has 1 rings (SSSR count). The molecule has 0 fully saturated rings. The van der Waals surface area contributed by atoms with E-state index in [-0.39, 0.29) is 12.3 Å². The van der Waals surface area contributed by atoms with Crippen LogP contribution < -0.4 is 5.32 Å². The first kappa shape index (κ1) is 15.7. The Morgan fingerprint density at radius 2 is 2.16 bits per heavy atom. The van der Waals surface area contributed by atoms with Gasteiger partial charge in [0, 0.05) is 3.57 Å². The topological polar surface area (TPSA) is 66.4 Å². The third kappa shape index (κ3) is 4.34. The summed E-state index contributed by atoms with van der Waals surface area (Å²) in [7, 11) is 0. The molecule has 1 aromatic carbocycles. The summed E-state index contributed by atoms with van der Waals surface area (Å²) in [6.45, 7) is 3.64. The number of aryl methyl sites for hydroxylation is 1. The van der Waals surface area contributed by atoms with Crippen molar-refractivity contribution in [2.45, 2.75) is 26.3 Å². The van der Waals surface area contributed by atoms with Crippen LogP contribution in [0.3, 0.4) is 0 Å². The Labute approximate surface area is 126 Å². The van der Waals surface area contributed by atoms with Crippen LogP contribution >= 0.6 is 22.6 Å². The third-order valence-electron chi connectivity index (χ3n) is 2.66. The number of carbonyl (C=O) groups is 2. The number of carbonyl (C=O) groups excluding carboxylic acids is 1. The monoisotopic (exact) mass is 373 g/mol. The summed E-state index contributed by atoms with van der Waals surface area (Å²) in [5.74, 6) is -1.38. The normalized spacial score (nSPS) is 12.4. The number of aliphatic carboxylic acids is 1. The van der Waals surface area contributed by atoms with Crippen LogP contribution in [-0.4, -0.2) is 23.0 Å². The number of hydrogen-bond acceptors (Lipinski definition) is 2. The van der Waals surface area contributed by atoms with Gasteiger partial charge in [-0.2, -0.15) is 0 Å². The number of halogens is 1. The number of nitrogens with one attached hydrogen (secondary N) is 1. The maximum Gasteiger partial charge on any atom is 0.326 e. The van der Waals surface area contributed by atoms with Crippen molar-refractivity contribution in [3.8, 4) is 0 Å². The predicted molar refractivity (Wildman–Crippen MR) is 82.2 cm³/mol. The smallest absolute Gasteiger partial charge is 0.326 e. The van der Waals surface area contributed by atoms with E-state index < -0.39 is 12.0 Å². The second kappa shape index (κ2) is 7.28. The highest BCUT2D eigenvalue weighted by atomic mass is 127. The average molecular weight is 373 g/mol. The summed E-state index contributed by atoms with van der Waals surface area (Å²) in [5.41, 5.74) is 1.37. The number of rotatable bonds is 5. The van der Waals surface area contributed by atoms with Crippen LogP contribution in [0.15, 0.2) is 30.4 Å². The van der Waals surface area contributed by atoms with Crippen molar-refractivity contribution in [2.75, 3.05) is 0 Å². The van der Waals surface area contributed by atoms with Crippen LogP contribution in [-0.2, 0) is 4.79 Å². The second-order valence-corrected chi connectivity index (χ2v) is 5.26. The molecule has 1 aromatic rings. The molecule has 1 atom stereocenters. The molecule has 0 radical (unpaired) electrons. The van der Waals surface area contributed by atoms with Crippen molar-refractivity contribution in [3.63, 3.8) is 0 Å². The van der Waals surface area contributed by atoms with Crippen molar-refractivity contribution >= 4 is 34.5 Å². The van der Waals surface area contributed by atoms with Crippen LogP contribution in [0.1, 0.15) is 29.3 Å². The summed E-state index contributed by atoms with van der Waals surface area (Å²) in [5, 5.41) is 11.6. The molecule has 0 aliphatic carbocycles. The first-order valence-electron chi connectivity index (χ1n) is 5.87. The van der Waals surface area contributed by atoms with Crippen molar-refractivity contribution in [1.29, 1.82) is 0 Å². The van der Waals surface area contributed by atoms with Gasteiger partial charge in [-0.3, -0.25) is 4.79 Å². The number of hydrogen-bond donors (Lipinski definition) is 2. The summed E-state index contributed by atoms with van der Waals surface area (Å²) < 4.78 is 0.810. The Morgan fingerprint density at radius 3 is 2.68 bits per heavy atom. The summed E-state index contributed by atoms with van der Waals surface area (Å²) >= 11 is 2.07. The van der Waals surface area contributed by atoms with Gasteiger partial charge in [-0.05, 0) is 54.5 Å². The van der Waals surface area contributed by atoms with Gasteiger partial charge in [0.15, 0.2) is 0 Å². The van der Waals surface area contributed by atoms with E-state index in [1.807, 2.05) is 32.0 Å². The van der Waals surface area contributed by atoms with Crippen LogP contribution in [0.2, 0.25) is 0 Å². The molecule has 0 heterocycles. The zero-order chi connectivity index (χ0) is 14.4. The molecule has 19 heavy (non-hydrogen) atoms. The third-order valence-corrected chi connectivity index (χ3v) is 3.56. The van der Waals surface area contributed by atoms with Gasteiger partial charge in [0.2, 0.25) is 0 Å². The number of amides is 1. The van der Waals surface area contributed by atoms with Gasteiger partial charge < -0.3 is 10.4 Å². The minimum atomic E-state index is -1.03. The van der Waals surface area contributed by atoms with Gasteiger partial charge in [0.05, 0.1) is 5.56 Å². The maximum atomic E-state index is 12.2. The molecular weight excluding hydrogens is 357 g/mol. The average Bonchev–Trinajstić information content (AvgIpc) is 2.33. The minimum absolute atomic E-state index is 0.278. The Morgan fingerprint density at radius 1 is 1.47 bits per heavy atom. The predicted octanol–water partition coefficient (Wildman–Crippen LogP) is 2.75. The molecule has 0 bridgehead atoms. The highest BCUT2D eigenvalue weighted by Crippen LogP contribution is 2.16. The number of allylic oxidation sites excluding steroid dienone is 1. The summed E-state index contributed by atoms with van der Waals surface area (Å²) in [4.78, 5) is 23.3. The van der Waals surface area contributed by atoms with E-state index in [1.54, 1.807) is 12.2 Å². The Kier molecular flexibility index (Phi) is 6.01. The van der Waals surface area contributed by atoms with E-state index in [1.165, 1.54) is 0 Å². The molecule has 2 N–H and O–H groups in total. The molecule has 0 aliphatic heterocycles. The first-order valence-corrected chi connectivity index (χ1v) is 6.95. The number of benzene rings is 1. The molecule has 4 nitrogen and oxygen atoms in total. The highest BCUT2D eigenvalue weighted by molar-refractivity contribution is 14.1. The molecule has 1 amide bonds. The van der Waals surface area contributed by atoms with Gasteiger partial charge in [-0.1, -0.05) is 24.3 Å². The van der Waals surface area contributed by atoms with Crippen LogP contribution in [0.4, 0.5) is 0 Å². The van der Waals surface area contributed by atoms with Crippen molar-refractivity contribution in [1.82, 2.24) is 5.32 Å². The molecule has 0 aliphatic rings. The van der Waals surface area contributed by atoms with Crippen molar-refractivity contribution in [3.05, 3.63) is 45.0 Å². The lowest BCUT2D eigenvalue weighted by molar-refractivity contribution is -0.139. The van der Waals surface area contributed by atoms with Crippen molar-refractivity contribution < 1.29 is 14.7 Å². The fraction of sp³-hybridized carbons (Fsp3) is 0.286. The van der Waals surface area contributed by atoms with E-state index in [9.17, 15) is 9.59 Å². The lowest BCUT2D eigenvalue weighted by atomic mass is 10.1. The summed E-state index contributed by atoms with van der Waals surface area (Å²) in [6, 6.07) is 4.62. The van der Waals surface area contributed by atoms with E-state index in [4.69, 9.17) is 5.11 Å². The van der Waals surface area contributed by atoms with Crippen LogP contribution in [0, 0.1) is 10.5 Å². The first-order chi connectivity index (χ1) is 8.97. The largest absolute Gasteiger partial charge is 0.480 e. The molecule has 1 unspecified atom stereocenters. The van der Waals surface area contributed by atoms with E-state index in [0.29, 0.717) is 5.56 Å². The van der Waals surface area contributed by atoms with Crippen molar-refractivity contribution in [2.24, 2.45) is 0 Å². The van der Waals surface area contributed by atoms with Gasteiger partial charge in [0.1, 0.15) is 6.04 Å². The van der Waals surface area contributed by atoms with Gasteiger partial charge >= 0.3 is 5.97 Å². The zero-order valence-electron chi connectivity index (χ0n) is 10.8. The maximum absolute atomic E-state index is 12.2. The molecule has 0 saturated carbocycles. The fourth-order valence-corrected chi connectivity index (χ4v) is 2.52. The van der Waals surface area contributed by atoms with Gasteiger partial charge in [0.25, 0.3) is 5.91 Å². The molecule has 102 valence electrons. The lowest BCUT2D eigenvalue weighted by Gasteiger charge is -2.14. The molecule has 0 spiro atoms. The fourth-order valence-electron chi connectivity index (χ4n) is 1.64. The van der Waals surface area contributed by atoms with Crippen LogP contribution in [0.25, 0.3) is 0 Å². The number of carboxylic acid groups (broad SMARTS) is 1. The molecule has 5 heteroatoms. The molecule has 0 aromatic heterocycles. The number of carboxylic acids is 1. The Bertz CT molecular complexity index is 491. The molecule has 0 saturated heterocycles. The Balaban J connectivity index is 2.91. The van der Waals surface area contributed by atoms with Crippen LogP contribution in [0.5, 0.6) is 0 Å². The van der Waals surface area contributed by atoms with Gasteiger partial charge in [-0.15, -0.1) is 0 Å².